The zero-order chi connectivity index (χ0) is 23.4. The average molecular weight is 462 g/mol. The molecule has 1 fully saturated rings. The molecule has 4 aliphatic rings. The van der Waals surface area contributed by atoms with E-state index in [0.29, 0.717) is 25.4 Å². The van der Waals surface area contributed by atoms with Crippen molar-refractivity contribution in [3.05, 3.63) is 53.1 Å². The normalized spacial score (nSPS) is 26.8. The van der Waals surface area contributed by atoms with Gasteiger partial charge in [-0.15, -0.1) is 0 Å². The van der Waals surface area contributed by atoms with Crippen molar-refractivity contribution in [3.8, 4) is 11.5 Å². The zero-order valence-corrected chi connectivity index (χ0v) is 19.8. The van der Waals surface area contributed by atoms with E-state index in [1.165, 1.54) is 0 Å². The summed E-state index contributed by atoms with van der Waals surface area (Å²) in [5.41, 5.74) is 3.39. The van der Waals surface area contributed by atoms with Crippen LogP contribution in [0.4, 0.5) is 5.69 Å². The summed E-state index contributed by atoms with van der Waals surface area (Å²) in [7, 11) is 0. The van der Waals surface area contributed by atoms with Gasteiger partial charge in [-0.1, -0.05) is 31.5 Å². The number of nitrogens with zero attached hydrogens (tertiary/aromatic N) is 2. The van der Waals surface area contributed by atoms with Gasteiger partial charge in [0.2, 0.25) is 18.6 Å². The van der Waals surface area contributed by atoms with E-state index in [0.717, 1.165) is 53.9 Å². The van der Waals surface area contributed by atoms with Crippen LogP contribution in [0, 0.1) is 5.92 Å². The molecule has 0 bridgehead atoms. The molecule has 4 aliphatic heterocycles. The van der Waals surface area contributed by atoms with Crippen LogP contribution in [0.3, 0.4) is 0 Å². The minimum absolute atomic E-state index is 0.107. The lowest BCUT2D eigenvalue weighted by molar-refractivity contribution is -0.127. The number of hydrogen-bond acceptors (Lipinski definition) is 5. The lowest BCUT2D eigenvalue weighted by Crippen LogP contribution is -2.53. The Labute approximate surface area is 200 Å². The van der Waals surface area contributed by atoms with Gasteiger partial charge in [0.1, 0.15) is 5.41 Å². The second kappa shape index (κ2) is 8.01. The summed E-state index contributed by atoms with van der Waals surface area (Å²) < 4.78 is 11.4. The maximum Gasteiger partial charge on any atom is 0.243 e. The third-order valence-corrected chi connectivity index (χ3v) is 8.01. The Morgan fingerprint density at radius 2 is 1.97 bits per heavy atom. The number of anilines is 1. The van der Waals surface area contributed by atoms with E-state index in [1.807, 2.05) is 28.0 Å². The molecule has 2 amide bonds. The third-order valence-electron chi connectivity index (χ3n) is 8.01. The summed E-state index contributed by atoms with van der Waals surface area (Å²) in [6.45, 7) is 6.67. The van der Waals surface area contributed by atoms with E-state index in [9.17, 15) is 9.59 Å². The van der Waals surface area contributed by atoms with Crippen LogP contribution in [0.1, 0.15) is 55.8 Å². The Morgan fingerprint density at radius 1 is 1.18 bits per heavy atom. The number of para-hydroxylation sites is 1. The molecule has 178 valence electrons. The maximum atomic E-state index is 14.4. The molecule has 3 atom stereocenters. The fourth-order valence-corrected chi connectivity index (χ4v) is 6.31. The smallest absolute Gasteiger partial charge is 0.243 e. The van der Waals surface area contributed by atoms with Crippen LogP contribution in [-0.2, 0) is 15.0 Å². The quantitative estimate of drug-likeness (QED) is 0.756. The van der Waals surface area contributed by atoms with Crippen LogP contribution in [-0.4, -0.2) is 49.7 Å². The Kier molecular flexibility index (Phi) is 5.06. The monoisotopic (exact) mass is 461 g/mol. The predicted molar refractivity (Wildman–Crippen MR) is 128 cm³/mol. The molecule has 2 aromatic carbocycles. The molecule has 6 rings (SSSR count). The molecule has 7 heteroatoms. The van der Waals surface area contributed by atoms with Gasteiger partial charge in [-0.2, -0.15) is 0 Å². The van der Waals surface area contributed by atoms with Gasteiger partial charge in [-0.3, -0.25) is 9.59 Å². The summed E-state index contributed by atoms with van der Waals surface area (Å²) in [5.74, 6) is 1.96. The highest BCUT2D eigenvalue weighted by Gasteiger charge is 2.55. The van der Waals surface area contributed by atoms with E-state index < -0.39 is 5.41 Å². The Hall–Kier alpha value is -3.06. The van der Waals surface area contributed by atoms with E-state index in [1.54, 1.807) is 6.92 Å². The van der Waals surface area contributed by atoms with E-state index >= 15 is 0 Å². The van der Waals surface area contributed by atoms with Crippen LogP contribution >= 0.6 is 0 Å². The van der Waals surface area contributed by atoms with Gasteiger partial charge in [0.05, 0.1) is 0 Å². The summed E-state index contributed by atoms with van der Waals surface area (Å²) in [6, 6.07) is 12.5. The van der Waals surface area contributed by atoms with Crippen LogP contribution in [0.2, 0.25) is 0 Å². The number of hydrogen-bond donors (Lipinski definition) is 1. The molecule has 1 spiro atoms. The first-order valence-electron chi connectivity index (χ1n) is 12.4. The van der Waals surface area contributed by atoms with Crippen molar-refractivity contribution < 1.29 is 19.1 Å². The number of fused-ring (bicyclic) bond motifs is 5. The first-order valence-corrected chi connectivity index (χ1v) is 12.4. The molecule has 0 aromatic heterocycles. The first kappa shape index (κ1) is 21.5. The highest BCUT2D eigenvalue weighted by molar-refractivity contribution is 6.11. The van der Waals surface area contributed by atoms with Gasteiger partial charge < -0.3 is 24.6 Å². The zero-order valence-electron chi connectivity index (χ0n) is 19.8. The number of amides is 2. The molecule has 0 radical (unpaired) electrons. The highest BCUT2D eigenvalue weighted by atomic mass is 16.7. The Balaban J connectivity index is 1.44. The second-order valence-corrected chi connectivity index (χ2v) is 9.97. The van der Waals surface area contributed by atoms with E-state index in [4.69, 9.17) is 9.47 Å². The average Bonchev–Trinajstić information content (AvgIpc) is 3.55. The number of carbonyl (C=O) groups excluding carboxylic acids is 2. The van der Waals surface area contributed by atoms with Crippen molar-refractivity contribution in [3.63, 3.8) is 0 Å². The number of rotatable bonds is 4. The van der Waals surface area contributed by atoms with Crippen LogP contribution in [0.15, 0.2) is 36.4 Å². The number of benzene rings is 2. The predicted octanol–water partition coefficient (Wildman–Crippen LogP) is 3.36. The Morgan fingerprint density at radius 3 is 2.74 bits per heavy atom. The number of carbonyl (C=O) groups is 2. The molecule has 1 N–H and O–H groups in total. The third kappa shape index (κ3) is 3.06. The van der Waals surface area contributed by atoms with Crippen LogP contribution in [0.5, 0.6) is 11.5 Å². The van der Waals surface area contributed by atoms with Crippen molar-refractivity contribution in [2.45, 2.75) is 44.6 Å². The molecule has 3 unspecified atom stereocenters. The molecular weight excluding hydrogens is 430 g/mol. The second-order valence-electron chi connectivity index (χ2n) is 9.97. The minimum atomic E-state index is -0.796. The molecule has 0 aliphatic carbocycles. The summed E-state index contributed by atoms with van der Waals surface area (Å²) in [5, 5.41) is 3.71. The molecule has 1 saturated heterocycles. The Bertz CT molecular complexity index is 1160. The largest absolute Gasteiger partial charge is 0.454 e. The van der Waals surface area contributed by atoms with Crippen LogP contribution in [0.25, 0.3) is 0 Å². The van der Waals surface area contributed by atoms with Gasteiger partial charge >= 0.3 is 0 Å². The van der Waals surface area contributed by atoms with E-state index in [-0.39, 0.29) is 30.6 Å². The molecular formula is C27H31N3O4. The first-order chi connectivity index (χ1) is 16.5. The molecule has 0 saturated carbocycles. The number of ether oxygens (including phenoxy) is 2. The van der Waals surface area contributed by atoms with Gasteiger partial charge in [-0.05, 0) is 53.6 Å². The summed E-state index contributed by atoms with van der Waals surface area (Å²) in [6.07, 6.45) is 2.96. The van der Waals surface area contributed by atoms with Crippen molar-refractivity contribution in [2.24, 2.45) is 5.92 Å². The lowest BCUT2D eigenvalue weighted by Gasteiger charge is -2.40. The highest BCUT2D eigenvalue weighted by Crippen LogP contribution is 2.53. The summed E-state index contributed by atoms with van der Waals surface area (Å²) in [4.78, 5) is 30.1. The van der Waals surface area contributed by atoms with Gasteiger partial charge in [0, 0.05) is 44.8 Å². The summed E-state index contributed by atoms with van der Waals surface area (Å²) >= 11 is 0. The van der Waals surface area contributed by atoms with Gasteiger partial charge in [0.25, 0.3) is 0 Å². The van der Waals surface area contributed by atoms with Gasteiger partial charge in [0.15, 0.2) is 11.5 Å². The molecule has 7 nitrogen and oxygen atoms in total. The fourth-order valence-electron chi connectivity index (χ4n) is 6.31. The topological polar surface area (TPSA) is 71.1 Å². The van der Waals surface area contributed by atoms with E-state index in [2.05, 4.69) is 30.4 Å². The number of likely N-dealkylation sites (tertiary alicyclic amines) is 1. The molecule has 34 heavy (non-hydrogen) atoms. The fraction of sp³-hybridized carbons (Fsp3) is 0.481. The SMILES string of the molecule is CCCC1NCC2(C(=O)N(CC3CCN(C(C)=O)C3)c3ccccc32)c2cc3c(cc21)OCO3. The lowest BCUT2D eigenvalue weighted by atomic mass is 9.69. The standard InChI is InChI=1S/C27H31N3O4/c1-3-6-22-19-11-24-25(34-16-33-24)12-21(19)27(15-28-22)20-7-4-5-8-23(20)30(26(27)32)14-18-9-10-29(13-18)17(2)31/h4-5,7-8,11-12,18,22,28H,3,6,9-10,13-16H2,1-2H3. The van der Waals surface area contributed by atoms with Crippen molar-refractivity contribution >= 4 is 17.5 Å². The van der Waals surface area contributed by atoms with Crippen LogP contribution < -0.4 is 19.7 Å². The molecule has 4 heterocycles. The molecule has 2 aromatic rings. The van der Waals surface area contributed by atoms with Crippen molar-refractivity contribution in [2.75, 3.05) is 37.9 Å². The minimum Gasteiger partial charge on any atom is -0.454 e. The van der Waals surface area contributed by atoms with Crippen molar-refractivity contribution in [1.82, 2.24) is 10.2 Å². The maximum absolute atomic E-state index is 14.4. The van der Waals surface area contributed by atoms with Crippen molar-refractivity contribution in [1.29, 1.82) is 0 Å². The number of nitrogens with one attached hydrogen (secondary N) is 1. The van der Waals surface area contributed by atoms with Gasteiger partial charge in [-0.25, -0.2) is 0 Å².